The molecule has 0 saturated carbocycles. The number of hydrogen-bond donors (Lipinski definition) is 2. The van der Waals surface area contributed by atoms with Crippen molar-refractivity contribution in [3.05, 3.63) is 41.6 Å². The highest BCUT2D eigenvalue weighted by Crippen LogP contribution is 2.19. The minimum Gasteiger partial charge on any atom is -0.481 e. The lowest BCUT2D eigenvalue weighted by Crippen LogP contribution is -2.33. The molecule has 1 fully saturated rings. The molecule has 2 N–H and O–H groups in total. The first-order valence-electron chi connectivity index (χ1n) is 7.86. The lowest BCUT2D eigenvalue weighted by Gasteiger charge is -2.15. The Labute approximate surface area is 139 Å². The molecular weight excluding hydrogens is 308 g/mol. The monoisotopic (exact) mass is 328 g/mol. The van der Waals surface area contributed by atoms with Gasteiger partial charge in [-0.3, -0.25) is 10.1 Å². The normalized spacial score (nSPS) is 17.1. The van der Waals surface area contributed by atoms with Crippen LogP contribution < -0.4 is 5.32 Å². The molecule has 0 aliphatic carbocycles. The van der Waals surface area contributed by atoms with Gasteiger partial charge in [-0.15, -0.1) is 5.10 Å². The van der Waals surface area contributed by atoms with Crippen LogP contribution in [0.1, 0.15) is 17.7 Å². The van der Waals surface area contributed by atoms with E-state index < -0.39 is 11.9 Å². The summed E-state index contributed by atoms with van der Waals surface area (Å²) in [7, 11) is 0. The molecule has 1 atom stereocenters. The van der Waals surface area contributed by atoms with E-state index in [-0.39, 0.29) is 12.6 Å². The van der Waals surface area contributed by atoms with E-state index in [2.05, 4.69) is 10.4 Å². The highest BCUT2D eigenvalue weighted by molar-refractivity contribution is 5.89. The van der Waals surface area contributed by atoms with Crippen molar-refractivity contribution in [3.8, 4) is 5.69 Å². The van der Waals surface area contributed by atoms with Crippen LogP contribution in [-0.4, -0.2) is 44.9 Å². The van der Waals surface area contributed by atoms with Gasteiger partial charge in [0.05, 0.1) is 11.6 Å². The summed E-state index contributed by atoms with van der Waals surface area (Å²) in [5.41, 5.74) is 2.99. The van der Waals surface area contributed by atoms with Crippen molar-refractivity contribution in [1.82, 2.24) is 14.7 Å². The molecule has 0 spiro atoms. The van der Waals surface area contributed by atoms with E-state index in [1.807, 2.05) is 38.1 Å². The van der Waals surface area contributed by atoms with Gasteiger partial charge in [-0.05, 0) is 32.4 Å². The van der Waals surface area contributed by atoms with Crippen molar-refractivity contribution in [1.29, 1.82) is 0 Å². The average molecular weight is 328 g/mol. The zero-order chi connectivity index (χ0) is 17.3. The van der Waals surface area contributed by atoms with Crippen LogP contribution in [0.2, 0.25) is 0 Å². The van der Waals surface area contributed by atoms with Gasteiger partial charge in [0, 0.05) is 24.8 Å². The Bertz CT molecular complexity index is 767. The van der Waals surface area contributed by atoms with Crippen molar-refractivity contribution in [2.24, 2.45) is 5.92 Å². The van der Waals surface area contributed by atoms with Gasteiger partial charge in [-0.25, -0.2) is 9.48 Å². The topological polar surface area (TPSA) is 87.5 Å². The van der Waals surface area contributed by atoms with E-state index in [1.165, 1.54) is 10.5 Å². The Morgan fingerprint density at radius 2 is 1.96 bits per heavy atom. The quantitative estimate of drug-likeness (QED) is 0.906. The van der Waals surface area contributed by atoms with Gasteiger partial charge in [0.1, 0.15) is 0 Å². The van der Waals surface area contributed by atoms with Crippen LogP contribution in [0.25, 0.3) is 5.69 Å². The Morgan fingerprint density at radius 1 is 1.25 bits per heavy atom. The molecule has 1 unspecified atom stereocenters. The van der Waals surface area contributed by atoms with Crippen molar-refractivity contribution in [2.75, 3.05) is 18.4 Å². The third-order valence-corrected chi connectivity index (χ3v) is 4.23. The van der Waals surface area contributed by atoms with Gasteiger partial charge in [0.25, 0.3) is 0 Å². The summed E-state index contributed by atoms with van der Waals surface area (Å²) < 4.78 is 1.76. The summed E-state index contributed by atoms with van der Waals surface area (Å²) in [4.78, 5) is 24.8. The number of carboxylic acids is 1. The predicted octanol–water partition coefficient (Wildman–Crippen LogP) is 2.43. The van der Waals surface area contributed by atoms with Gasteiger partial charge >= 0.3 is 12.0 Å². The molecule has 7 heteroatoms. The number of amides is 2. The number of carbonyl (C=O) groups excluding carboxylic acids is 1. The smallest absolute Gasteiger partial charge is 0.323 e. The highest BCUT2D eigenvalue weighted by atomic mass is 16.4. The number of carbonyl (C=O) groups is 2. The molecule has 2 heterocycles. The molecule has 24 heavy (non-hydrogen) atoms. The first kappa shape index (κ1) is 16.0. The number of aromatic nitrogens is 2. The largest absolute Gasteiger partial charge is 0.481 e. The highest BCUT2D eigenvalue weighted by Gasteiger charge is 2.31. The molecule has 1 saturated heterocycles. The van der Waals surface area contributed by atoms with Crippen molar-refractivity contribution in [3.63, 3.8) is 0 Å². The van der Waals surface area contributed by atoms with Gasteiger partial charge in [0.2, 0.25) is 0 Å². The number of likely N-dealkylation sites (tertiary alicyclic amines) is 1. The number of benzene rings is 1. The van der Waals surface area contributed by atoms with E-state index in [0.717, 1.165) is 11.4 Å². The summed E-state index contributed by atoms with van der Waals surface area (Å²) >= 11 is 0. The van der Waals surface area contributed by atoms with E-state index >= 15 is 0 Å². The van der Waals surface area contributed by atoms with Gasteiger partial charge in [-0.1, -0.05) is 17.7 Å². The third-order valence-electron chi connectivity index (χ3n) is 4.23. The van der Waals surface area contributed by atoms with E-state index in [4.69, 9.17) is 5.11 Å². The predicted molar refractivity (Wildman–Crippen MR) is 89.4 cm³/mol. The maximum absolute atomic E-state index is 12.3. The van der Waals surface area contributed by atoms with Crippen LogP contribution in [0.3, 0.4) is 0 Å². The number of nitrogens with one attached hydrogen (secondary N) is 1. The number of rotatable bonds is 3. The molecule has 1 aromatic heterocycles. The first-order valence-corrected chi connectivity index (χ1v) is 7.86. The molecule has 126 valence electrons. The maximum atomic E-state index is 12.3. The molecule has 2 aromatic rings. The summed E-state index contributed by atoms with van der Waals surface area (Å²) in [6.07, 6.45) is 0.486. The number of aryl methyl sites for hydroxylation is 2. The molecule has 7 nitrogen and oxygen atoms in total. The van der Waals surface area contributed by atoms with Gasteiger partial charge in [-0.2, -0.15) is 0 Å². The Morgan fingerprint density at radius 3 is 2.58 bits per heavy atom. The minimum atomic E-state index is -0.857. The Kier molecular flexibility index (Phi) is 4.24. The SMILES string of the molecule is Cc1ccc(-n2nc(NC(=O)N3CCC(C(=O)O)C3)cc2C)cc1. The van der Waals surface area contributed by atoms with Crippen molar-refractivity contribution in [2.45, 2.75) is 20.3 Å². The second kappa shape index (κ2) is 6.35. The zero-order valence-electron chi connectivity index (χ0n) is 13.7. The molecule has 1 aliphatic rings. The molecule has 0 radical (unpaired) electrons. The average Bonchev–Trinajstić information content (AvgIpc) is 3.15. The summed E-state index contributed by atoms with van der Waals surface area (Å²) in [5, 5.41) is 16.2. The summed E-state index contributed by atoms with van der Waals surface area (Å²) in [6.45, 7) is 4.61. The van der Waals surface area contributed by atoms with E-state index in [9.17, 15) is 9.59 Å². The van der Waals surface area contributed by atoms with Gasteiger partial charge < -0.3 is 10.0 Å². The minimum absolute atomic E-state index is 0.235. The number of aliphatic carboxylic acids is 1. The number of hydrogen-bond acceptors (Lipinski definition) is 3. The molecule has 1 aliphatic heterocycles. The number of nitrogens with zero attached hydrogens (tertiary/aromatic N) is 3. The van der Waals surface area contributed by atoms with Gasteiger partial charge in [0.15, 0.2) is 5.82 Å². The zero-order valence-corrected chi connectivity index (χ0v) is 13.7. The van der Waals surface area contributed by atoms with E-state index in [0.29, 0.717) is 18.8 Å². The lowest BCUT2D eigenvalue weighted by molar-refractivity contribution is -0.141. The van der Waals surface area contributed by atoms with Crippen LogP contribution >= 0.6 is 0 Å². The fourth-order valence-corrected chi connectivity index (χ4v) is 2.82. The standard InChI is InChI=1S/C17H20N4O3/c1-11-3-5-14(6-4-11)21-12(2)9-15(19-21)18-17(24)20-8-7-13(10-20)16(22)23/h3-6,9,13H,7-8,10H2,1-2H3,(H,22,23)(H,18,19,24). The first-order chi connectivity index (χ1) is 11.4. The number of carboxylic acid groups (broad SMARTS) is 1. The number of urea groups is 1. The molecular formula is C17H20N4O3. The summed E-state index contributed by atoms with van der Waals surface area (Å²) in [5.74, 6) is -0.885. The second-order valence-corrected chi connectivity index (χ2v) is 6.12. The van der Waals surface area contributed by atoms with Crippen LogP contribution in [-0.2, 0) is 4.79 Å². The van der Waals surface area contributed by atoms with Crippen molar-refractivity contribution < 1.29 is 14.7 Å². The fraction of sp³-hybridized carbons (Fsp3) is 0.353. The van der Waals surface area contributed by atoms with Crippen LogP contribution in [0.15, 0.2) is 30.3 Å². The van der Waals surface area contributed by atoms with E-state index in [1.54, 1.807) is 10.7 Å². The third kappa shape index (κ3) is 3.24. The lowest BCUT2D eigenvalue weighted by atomic mass is 10.1. The van der Waals surface area contributed by atoms with Crippen LogP contribution in [0.5, 0.6) is 0 Å². The van der Waals surface area contributed by atoms with Crippen LogP contribution in [0.4, 0.5) is 10.6 Å². The fourth-order valence-electron chi connectivity index (χ4n) is 2.82. The summed E-state index contributed by atoms with van der Waals surface area (Å²) in [6, 6.07) is 9.43. The molecule has 1 aromatic carbocycles. The molecule has 0 bridgehead atoms. The Balaban J connectivity index is 1.70. The number of anilines is 1. The maximum Gasteiger partial charge on any atom is 0.323 e. The molecule has 3 rings (SSSR count). The second-order valence-electron chi connectivity index (χ2n) is 6.12. The Hall–Kier alpha value is -2.83. The molecule has 2 amide bonds. The van der Waals surface area contributed by atoms with Crippen molar-refractivity contribution >= 4 is 17.8 Å². The van der Waals surface area contributed by atoms with Crippen LogP contribution in [0, 0.1) is 19.8 Å².